The van der Waals surface area contributed by atoms with Crippen LogP contribution in [-0.2, 0) is 52.2 Å². The molecule has 5 aliphatic heterocycles. The lowest BCUT2D eigenvalue weighted by Crippen LogP contribution is -2.68. The van der Waals surface area contributed by atoms with Crippen molar-refractivity contribution in [3.8, 4) is 0 Å². The second kappa shape index (κ2) is 28.6. The summed E-state index contributed by atoms with van der Waals surface area (Å²) in [4.78, 5) is 11.1. The van der Waals surface area contributed by atoms with E-state index in [1.54, 1.807) is 0 Å². The largest absolute Gasteiger partial charge is 0.394 e. The Morgan fingerprint density at radius 3 is 1.09 bits per heavy atom. The molecule has 35 nitrogen and oxygen atoms in total. The summed E-state index contributed by atoms with van der Waals surface area (Å²) >= 11 is 0. The Morgan fingerprint density at radius 2 is 0.769 bits per heavy atom. The van der Waals surface area contributed by atoms with Crippen LogP contribution >= 0.6 is 0 Å². The number of ether oxygens (including phenoxy) is 10. The topological polar surface area (TPSA) is 587 Å². The monoisotopic (exact) mass is 1150 g/mol. The van der Waals surface area contributed by atoms with Crippen molar-refractivity contribution in [1.82, 2.24) is 5.32 Å². The molecule has 0 aromatic rings. The first kappa shape index (κ1) is 65.2. The molecule has 33 unspecified atom stereocenters. The second-order valence-corrected chi connectivity index (χ2v) is 19.4. The van der Waals surface area contributed by atoms with Crippen LogP contribution in [0.5, 0.6) is 0 Å². The maximum atomic E-state index is 11.3. The molecule has 0 radical (unpaired) electrons. The van der Waals surface area contributed by atoms with E-state index in [0.717, 1.165) is 6.08 Å². The number of aldehydes is 1. The van der Waals surface area contributed by atoms with Crippen LogP contribution in [0, 0.1) is 0 Å². The highest BCUT2D eigenvalue weighted by atomic mass is 16.8. The molecule has 6 aliphatic rings. The van der Waals surface area contributed by atoms with E-state index in [1.165, 1.54) is 0 Å². The van der Waals surface area contributed by atoms with Crippen molar-refractivity contribution in [2.45, 2.75) is 202 Å². The van der Waals surface area contributed by atoms with Crippen molar-refractivity contribution in [1.29, 1.82) is 0 Å². The molecule has 0 aromatic carbocycles. The third-order valence-corrected chi connectivity index (χ3v) is 14.4. The molecule has 0 amide bonds. The molecule has 35 heteroatoms. The zero-order chi connectivity index (χ0) is 57.8. The lowest BCUT2D eigenvalue weighted by molar-refractivity contribution is -0.394. The second-order valence-electron chi connectivity index (χ2n) is 19.4. The highest BCUT2D eigenvalue weighted by molar-refractivity contribution is 5.56. The van der Waals surface area contributed by atoms with Crippen LogP contribution < -0.4 is 5.32 Å². The van der Waals surface area contributed by atoms with Gasteiger partial charge in [-0.1, -0.05) is 6.08 Å². The van der Waals surface area contributed by atoms with Crippen molar-refractivity contribution in [2.24, 2.45) is 0 Å². The Hall–Kier alpha value is -1.95. The van der Waals surface area contributed by atoms with Gasteiger partial charge in [0.1, 0.15) is 153 Å². The molecule has 78 heavy (non-hydrogen) atoms. The number of rotatable bonds is 23. The van der Waals surface area contributed by atoms with Crippen LogP contribution in [0.25, 0.3) is 0 Å². The maximum Gasteiger partial charge on any atom is 0.187 e. The fourth-order valence-electron chi connectivity index (χ4n) is 9.83. The summed E-state index contributed by atoms with van der Waals surface area (Å²) in [6.45, 7) is -6.93. The molecular formula is C43H73NO34. The molecule has 0 saturated carbocycles. The molecule has 33 atom stereocenters. The Balaban J connectivity index is 1.07. The van der Waals surface area contributed by atoms with E-state index >= 15 is 0 Å². The van der Waals surface area contributed by atoms with Gasteiger partial charge in [-0.05, 0) is 5.57 Å². The van der Waals surface area contributed by atoms with E-state index in [9.17, 15) is 122 Å². The van der Waals surface area contributed by atoms with Crippen LogP contribution in [0.1, 0.15) is 0 Å². The number of carbonyl (C=O) groups excluding carboxylic acids is 1. The van der Waals surface area contributed by atoms with Gasteiger partial charge in [-0.15, -0.1) is 0 Å². The normalized spacial score (nSPS) is 48.1. The van der Waals surface area contributed by atoms with Crippen molar-refractivity contribution in [3.05, 3.63) is 11.6 Å². The highest BCUT2D eigenvalue weighted by Crippen LogP contribution is 2.37. The van der Waals surface area contributed by atoms with Gasteiger partial charge in [-0.2, -0.15) is 0 Å². The smallest absolute Gasteiger partial charge is 0.187 e. The van der Waals surface area contributed by atoms with Crippen molar-refractivity contribution < 1.29 is 170 Å². The fraction of sp³-hybridized carbons (Fsp3) is 0.930. The van der Waals surface area contributed by atoms with Gasteiger partial charge < -0.3 is 175 Å². The number of hydrogen-bond donors (Lipinski definition) is 24. The molecule has 1 aliphatic carbocycles. The first-order chi connectivity index (χ1) is 37.0. The Morgan fingerprint density at radius 1 is 0.436 bits per heavy atom. The summed E-state index contributed by atoms with van der Waals surface area (Å²) in [5, 5.41) is 245. The van der Waals surface area contributed by atoms with E-state index in [4.69, 9.17) is 47.4 Å². The Kier molecular flexibility index (Phi) is 23.9. The molecule has 5 saturated heterocycles. The summed E-state index contributed by atoms with van der Waals surface area (Å²) in [7, 11) is 0. The maximum absolute atomic E-state index is 11.3. The summed E-state index contributed by atoms with van der Waals surface area (Å²) in [6, 6.07) is -3.19. The molecule has 5 heterocycles. The lowest BCUT2D eigenvalue weighted by Gasteiger charge is -2.49. The van der Waals surface area contributed by atoms with Gasteiger partial charge in [-0.3, -0.25) is 0 Å². The predicted molar refractivity (Wildman–Crippen MR) is 238 cm³/mol. The number of nitrogens with one attached hydrogen (secondary N) is 1. The lowest BCUT2D eigenvalue weighted by atomic mass is 9.86. The number of hydrogen-bond acceptors (Lipinski definition) is 35. The van der Waals surface area contributed by atoms with Gasteiger partial charge in [0.15, 0.2) is 37.7 Å². The molecule has 24 N–H and O–H groups in total. The highest BCUT2D eigenvalue weighted by Gasteiger charge is 2.57. The van der Waals surface area contributed by atoms with E-state index < -0.39 is 248 Å². The van der Waals surface area contributed by atoms with Gasteiger partial charge in [0, 0.05) is 0 Å². The number of carbonyl (C=O) groups is 1. The summed E-state index contributed by atoms with van der Waals surface area (Å²) < 4.78 is 55.9. The third kappa shape index (κ3) is 13.7. The van der Waals surface area contributed by atoms with Gasteiger partial charge in [-0.25, -0.2) is 0 Å². The quantitative estimate of drug-likeness (QED) is 0.0334. The summed E-state index contributed by atoms with van der Waals surface area (Å²) in [6.07, 6.45) is -59.5. The van der Waals surface area contributed by atoms with Crippen LogP contribution in [-0.4, -0.2) is 372 Å². The summed E-state index contributed by atoms with van der Waals surface area (Å²) in [5.74, 6) is 0. The van der Waals surface area contributed by atoms with Crippen molar-refractivity contribution in [2.75, 3.05) is 46.2 Å². The van der Waals surface area contributed by atoms with Crippen LogP contribution in [0.4, 0.5) is 0 Å². The predicted octanol–water partition coefficient (Wildman–Crippen LogP) is -16.3. The van der Waals surface area contributed by atoms with Crippen LogP contribution in [0.3, 0.4) is 0 Å². The molecule has 6 rings (SSSR count). The zero-order valence-corrected chi connectivity index (χ0v) is 40.9. The molecule has 0 bridgehead atoms. The first-order valence-corrected chi connectivity index (χ1v) is 24.6. The molecule has 5 fully saturated rings. The van der Waals surface area contributed by atoms with Gasteiger partial charge >= 0.3 is 0 Å². The number of aliphatic hydroxyl groups is 23. The molecule has 0 spiro atoms. The van der Waals surface area contributed by atoms with E-state index in [2.05, 4.69) is 5.32 Å². The minimum Gasteiger partial charge on any atom is -0.394 e. The van der Waals surface area contributed by atoms with E-state index in [1.807, 2.05) is 0 Å². The zero-order valence-electron chi connectivity index (χ0n) is 40.9. The third-order valence-electron chi connectivity index (χ3n) is 14.4. The van der Waals surface area contributed by atoms with Gasteiger partial charge in [0.05, 0.1) is 64.4 Å². The molecule has 454 valence electrons. The van der Waals surface area contributed by atoms with Gasteiger partial charge in [0.2, 0.25) is 0 Å². The SMILES string of the molecule is O=CC(O)C(O)C(NC1C=C(CO)C(OC2OC(CO)C(OC3OC(CO)C(OC4OC(CO)C(OC5OC(CO)C(OC6OC(CO)C(O)C(O)C6O)C(O)C5O)C(O)C4O)C(O)C3O)C(O)C2O)C(O)C1O)C(O)CO. The average molecular weight is 1150 g/mol. The van der Waals surface area contributed by atoms with Crippen LogP contribution in [0.2, 0.25) is 0 Å². The van der Waals surface area contributed by atoms with Crippen molar-refractivity contribution in [3.63, 3.8) is 0 Å². The average Bonchev–Trinajstić information content (AvgIpc) is 3.44. The molecule has 0 aromatic heterocycles. The minimum absolute atomic E-state index is 0.0676. The standard InChI is InChI=1S/C43H73NO34/c45-2-10-1-11(44-19(12(53)3-46)21(56)13(54)4-47)20(55)24(59)34(10)74-40-30(65)25(60)36(15(6-49)70-40)76-42-32(67)27(62)38(17(8-51)72-42)78-43-33(68)28(63)37(18(9-52)73-43)77-41-31(66)26(61)35(16(7-50)71-41)75-39-29(64)23(58)22(57)14(5-48)69-39/h1,4,11-46,48-68H,2-3,5-9H2. The van der Waals surface area contributed by atoms with E-state index in [-0.39, 0.29) is 11.9 Å². The Bertz CT molecular complexity index is 1860. The minimum atomic E-state index is -2.23. The van der Waals surface area contributed by atoms with Crippen LogP contribution in [0.15, 0.2) is 11.6 Å². The number of aliphatic hydroxyl groups excluding tert-OH is 23. The fourth-order valence-corrected chi connectivity index (χ4v) is 9.83. The van der Waals surface area contributed by atoms with E-state index in [0.29, 0.717) is 0 Å². The Labute approximate surface area is 440 Å². The first-order valence-electron chi connectivity index (χ1n) is 24.6. The summed E-state index contributed by atoms with van der Waals surface area (Å²) in [5.41, 5.74) is -0.245. The van der Waals surface area contributed by atoms with Crippen molar-refractivity contribution >= 4 is 6.29 Å². The van der Waals surface area contributed by atoms with Gasteiger partial charge in [0.25, 0.3) is 0 Å². The molecular weight excluding hydrogens is 1070 g/mol.